The molecule has 1 saturated carbocycles. The van der Waals surface area contributed by atoms with Crippen molar-refractivity contribution in [2.75, 3.05) is 13.2 Å². The lowest BCUT2D eigenvalue weighted by molar-refractivity contribution is -0.135. The van der Waals surface area contributed by atoms with Crippen molar-refractivity contribution in [1.82, 2.24) is 4.90 Å². The van der Waals surface area contributed by atoms with E-state index in [2.05, 4.69) is 0 Å². The number of carbonyl (C=O) groups is 1. The van der Waals surface area contributed by atoms with Crippen molar-refractivity contribution in [3.05, 3.63) is 35.6 Å². The molecule has 1 aromatic carbocycles. The van der Waals surface area contributed by atoms with Crippen LogP contribution in [0.15, 0.2) is 24.3 Å². The first-order valence-electron chi connectivity index (χ1n) is 7.19. The first kappa shape index (κ1) is 15.0. The topological polar surface area (TPSA) is 40.5 Å². The number of carbonyl (C=O) groups excluding carboxylic acids is 1. The summed E-state index contributed by atoms with van der Waals surface area (Å²) in [6.45, 7) is 4.61. The fourth-order valence-corrected chi connectivity index (χ4v) is 2.63. The summed E-state index contributed by atoms with van der Waals surface area (Å²) in [4.78, 5) is 14.6. The largest absolute Gasteiger partial charge is 0.396 e. The number of nitrogens with zero attached hydrogens (tertiary/aromatic N) is 1. The Morgan fingerprint density at radius 2 is 1.95 bits per heavy atom. The SMILES string of the molecule is CC(C)N(CCCO)C(=O)C1(c2ccc(F)cc2)CC1. The second kappa shape index (κ2) is 5.92. The molecule has 0 heterocycles. The average Bonchev–Trinajstić information content (AvgIpc) is 3.21. The molecule has 110 valence electrons. The Kier molecular flexibility index (Phi) is 4.43. The lowest BCUT2D eigenvalue weighted by Gasteiger charge is -2.31. The monoisotopic (exact) mass is 279 g/mol. The highest BCUT2D eigenvalue weighted by molar-refractivity contribution is 5.91. The molecular formula is C16H22FNO2. The number of rotatable bonds is 6. The van der Waals surface area contributed by atoms with Gasteiger partial charge in [-0.3, -0.25) is 4.79 Å². The van der Waals surface area contributed by atoms with Crippen LogP contribution in [0.2, 0.25) is 0 Å². The predicted molar refractivity (Wildman–Crippen MR) is 75.9 cm³/mol. The predicted octanol–water partition coefficient (Wildman–Crippen LogP) is 2.48. The highest BCUT2D eigenvalue weighted by Crippen LogP contribution is 2.49. The molecule has 0 aromatic heterocycles. The Bertz CT molecular complexity index is 466. The van der Waals surface area contributed by atoms with E-state index >= 15 is 0 Å². The number of hydrogen-bond acceptors (Lipinski definition) is 2. The van der Waals surface area contributed by atoms with Crippen molar-refractivity contribution in [2.45, 2.75) is 44.6 Å². The fourth-order valence-electron chi connectivity index (χ4n) is 2.63. The molecule has 1 fully saturated rings. The van der Waals surface area contributed by atoms with Crippen LogP contribution in [0.5, 0.6) is 0 Å². The number of halogens is 1. The highest BCUT2D eigenvalue weighted by Gasteiger charge is 2.53. The third kappa shape index (κ3) is 2.85. The molecule has 20 heavy (non-hydrogen) atoms. The van der Waals surface area contributed by atoms with Crippen LogP contribution in [0.3, 0.4) is 0 Å². The van der Waals surface area contributed by atoms with Gasteiger partial charge in [-0.25, -0.2) is 4.39 Å². The maximum absolute atomic E-state index is 13.0. The first-order valence-corrected chi connectivity index (χ1v) is 7.19. The van der Waals surface area contributed by atoms with E-state index in [0.717, 1.165) is 18.4 Å². The van der Waals surface area contributed by atoms with Crippen molar-refractivity contribution in [2.24, 2.45) is 0 Å². The normalized spacial score (nSPS) is 16.2. The van der Waals surface area contributed by atoms with Gasteiger partial charge in [-0.05, 0) is 50.8 Å². The molecule has 0 radical (unpaired) electrons. The van der Waals surface area contributed by atoms with E-state index in [1.165, 1.54) is 12.1 Å². The van der Waals surface area contributed by atoms with Gasteiger partial charge in [0.25, 0.3) is 0 Å². The van der Waals surface area contributed by atoms with Crippen molar-refractivity contribution in [3.63, 3.8) is 0 Å². The maximum atomic E-state index is 13.0. The van der Waals surface area contributed by atoms with Gasteiger partial charge < -0.3 is 10.0 Å². The van der Waals surface area contributed by atoms with Crippen molar-refractivity contribution in [3.8, 4) is 0 Å². The van der Waals surface area contributed by atoms with Crippen LogP contribution < -0.4 is 0 Å². The van der Waals surface area contributed by atoms with E-state index in [1.807, 2.05) is 18.7 Å². The van der Waals surface area contributed by atoms with E-state index in [-0.39, 0.29) is 24.4 Å². The van der Waals surface area contributed by atoms with Crippen LogP contribution in [0.25, 0.3) is 0 Å². The molecule has 0 aliphatic heterocycles. The highest BCUT2D eigenvalue weighted by atomic mass is 19.1. The molecule has 0 spiro atoms. The van der Waals surface area contributed by atoms with Crippen LogP contribution in [0.4, 0.5) is 4.39 Å². The molecule has 0 bridgehead atoms. The van der Waals surface area contributed by atoms with Crippen LogP contribution in [0.1, 0.15) is 38.7 Å². The van der Waals surface area contributed by atoms with Gasteiger partial charge in [-0.2, -0.15) is 0 Å². The molecule has 0 unspecified atom stereocenters. The summed E-state index contributed by atoms with van der Waals surface area (Å²) in [5, 5.41) is 8.97. The molecule has 1 N–H and O–H groups in total. The summed E-state index contributed by atoms with van der Waals surface area (Å²) >= 11 is 0. The fraction of sp³-hybridized carbons (Fsp3) is 0.562. The standard InChI is InChI=1S/C16H22FNO2/c1-12(2)18(10-3-11-19)15(20)16(8-9-16)13-4-6-14(17)7-5-13/h4-7,12,19H,3,8-11H2,1-2H3. The van der Waals surface area contributed by atoms with E-state index in [0.29, 0.717) is 13.0 Å². The third-order valence-electron chi connectivity index (χ3n) is 4.00. The molecule has 0 saturated heterocycles. The summed E-state index contributed by atoms with van der Waals surface area (Å²) in [7, 11) is 0. The van der Waals surface area contributed by atoms with Crippen molar-refractivity contribution < 1.29 is 14.3 Å². The smallest absolute Gasteiger partial charge is 0.233 e. The van der Waals surface area contributed by atoms with Gasteiger partial charge in [0.1, 0.15) is 5.82 Å². The zero-order valence-electron chi connectivity index (χ0n) is 12.1. The van der Waals surface area contributed by atoms with E-state index in [9.17, 15) is 9.18 Å². The summed E-state index contributed by atoms with van der Waals surface area (Å²) in [6.07, 6.45) is 2.23. The minimum Gasteiger partial charge on any atom is -0.396 e. The van der Waals surface area contributed by atoms with Gasteiger partial charge in [0.05, 0.1) is 5.41 Å². The Morgan fingerprint density at radius 3 is 2.40 bits per heavy atom. The number of aliphatic hydroxyl groups is 1. The van der Waals surface area contributed by atoms with E-state index < -0.39 is 5.41 Å². The van der Waals surface area contributed by atoms with Crippen LogP contribution in [-0.4, -0.2) is 35.1 Å². The van der Waals surface area contributed by atoms with Crippen molar-refractivity contribution >= 4 is 5.91 Å². The Balaban J connectivity index is 2.19. The molecule has 1 aliphatic carbocycles. The average molecular weight is 279 g/mol. The summed E-state index contributed by atoms with van der Waals surface area (Å²) in [5.74, 6) is -0.175. The van der Waals surface area contributed by atoms with Crippen LogP contribution in [0, 0.1) is 5.82 Å². The molecule has 3 nitrogen and oxygen atoms in total. The zero-order chi connectivity index (χ0) is 14.8. The van der Waals surface area contributed by atoms with Crippen molar-refractivity contribution in [1.29, 1.82) is 0 Å². The lowest BCUT2D eigenvalue weighted by atomic mass is 9.93. The second-order valence-electron chi connectivity index (χ2n) is 5.76. The van der Waals surface area contributed by atoms with Gasteiger partial charge in [0.2, 0.25) is 5.91 Å². The van der Waals surface area contributed by atoms with E-state index in [1.54, 1.807) is 12.1 Å². The molecule has 1 aromatic rings. The Labute approximate surface area is 119 Å². The molecule has 1 amide bonds. The summed E-state index contributed by atoms with van der Waals surface area (Å²) in [5.41, 5.74) is 0.437. The third-order valence-corrected chi connectivity index (χ3v) is 4.00. The van der Waals surface area contributed by atoms with Gasteiger partial charge >= 0.3 is 0 Å². The number of amides is 1. The number of aliphatic hydroxyl groups excluding tert-OH is 1. The van der Waals surface area contributed by atoms with Crippen LogP contribution >= 0.6 is 0 Å². The quantitative estimate of drug-likeness (QED) is 0.869. The van der Waals surface area contributed by atoms with E-state index in [4.69, 9.17) is 5.11 Å². The van der Waals surface area contributed by atoms with Crippen LogP contribution in [-0.2, 0) is 10.2 Å². The summed E-state index contributed by atoms with van der Waals surface area (Å²) < 4.78 is 13.0. The molecule has 1 aliphatic rings. The lowest BCUT2D eigenvalue weighted by Crippen LogP contribution is -2.44. The Hall–Kier alpha value is -1.42. The van der Waals surface area contributed by atoms with Gasteiger partial charge in [-0.1, -0.05) is 12.1 Å². The molecular weight excluding hydrogens is 257 g/mol. The molecule has 4 heteroatoms. The minimum atomic E-state index is -0.465. The number of benzene rings is 1. The van der Waals surface area contributed by atoms with Gasteiger partial charge in [-0.15, -0.1) is 0 Å². The maximum Gasteiger partial charge on any atom is 0.233 e. The first-order chi connectivity index (χ1) is 9.51. The zero-order valence-corrected chi connectivity index (χ0v) is 12.1. The minimum absolute atomic E-state index is 0.0834. The molecule has 0 atom stereocenters. The van der Waals surface area contributed by atoms with Gasteiger partial charge in [0, 0.05) is 19.2 Å². The second-order valence-corrected chi connectivity index (χ2v) is 5.76. The summed E-state index contributed by atoms with van der Waals surface area (Å²) in [6, 6.07) is 6.36. The Morgan fingerprint density at radius 1 is 1.35 bits per heavy atom. The van der Waals surface area contributed by atoms with Gasteiger partial charge in [0.15, 0.2) is 0 Å². The number of hydrogen-bond donors (Lipinski definition) is 1. The molecule has 2 rings (SSSR count).